The van der Waals surface area contributed by atoms with Gasteiger partial charge in [-0.05, 0) is 42.9 Å². The lowest BCUT2D eigenvalue weighted by Crippen LogP contribution is -2.19. The highest BCUT2D eigenvalue weighted by Gasteiger charge is 2.40. The van der Waals surface area contributed by atoms with E-state index < -0.39 is 0 Å². The molecular formula is C15H22O4. The molecule has 1 heterocycles. The molecule has 0 spiro atoms. The quantitative estimate of drug-likeness (QED) is 0.588. The highest BCUT2D eigenvalue weighted by Crippen LogP contribution is 2.35. The van der Waals surface area contributed by atoms with Gasteiger partial charge in [0.2, 0.25) is 0 Å². The van der Waals surface area contributed by atoms with Gasteiger partial charge in [0.1, 0.15) is 6.10 Å². The second-order valence-corrected chi connectivity index (χ2v) is 5.43. The van der Waals surface area contributed by atoms with Gasteiger partial charge in [0.15, 0.2) is 0 Å². The maximum absolute atomic E-state index is 11.7. The highest BCUT2D eigenvalue weighted by atomic mass is 16.6. The number of esters is 1. The van der Waals surface area contributed by atoms with E-state index in [1.165, 1.54) is 0 Å². The lowest BCUT2D eigenvalue weighted by molar-refractivity contribution is -0.142. The summed E-state index contributed by atoms with van der Waals surface area (Å²) in [6.07, 6.45) is 6.94. The van der Waals surface area contributed by atoms with Gasteiger partial charge >= 0.3 is 5.97 Å². The lowest BCUT2D eigenvalue weighted by atomic mass is 9.84. The van der Waals surface area contributed by atoms with E-state index in [2.05, 4.69) is 0 Å². The summed E-state index contributed by atoms with van der Waals surface area (Å²) in [5, 5.41) is 18.7. The molecule has 0 saturated carbocycles. The first kappa shape index (κ1) is 14.3. The third kappa shape index (κ3) is 3.25. The molecule has 0 amide bonds. The number of rotatable bonds is 2. The van der Waals surface area contributed by atoms with E-state index in [0.29, 0.717) is 0 Å². The van der Waals surface area contributed by atoms with Crippen molar-refractivity contribution in [1.29, 1.82) is 0 Å². The minimum absolute atomic E-state index is 0.00253. The zero-order chi connectivity index (χ0) is 13.8. The summed E-state index contributed by atoms with van der Waals surface area (Å²) in [6, 6.07) is 0. The van der Waals surface area contributed by atoms with Gasteiger partial charge in [-0.2, -0.15) is 0 Å². The van der Waals surface area contributed by atoms with Gasteiger partial charge in [-0.25, -0.2) is 0 Å². The lowest BCUT2D eigenvalue weighted by Gasteiger charge is -2.19. The predicted octanol–water partition coefficient (Wildman–Crippen LogP) is 1.58. The predicted molar refractivity (Wildman–Crippen MR) is 71.3 cm³/mol. The number of carbonyl (C=O) groups excluding carboxylic acids is 1. The minimum atomic E-state index is -0.220. The van der Waals surface area contributed by atoms with Crippen LogP contribution in [0.2, 0.25) is 0 Å². The van der Waals surface area contributed by atoms with Crippen molar-refractivity contribution in [2.75, 3.05) is 13.2 Å². The second kappa shape index (κ2) is 6.35. The average molecular weight is 266 g/mol. The molecule has 1 fully saturated rings. The number of aliphatic hydroxyl groups excluding tert-OH is 2. The zero-order valence-corrected chi connectivity index (χ0v) is 11.3. The molecule has 0 aromatic rings. The summed E-state index contributed by atoms with van der Waals surface area (Å²) < 4.78 is 5.40. The first-order valence-electron chi connectivity index (χ1n) is 6.95. The largest absolute Gasteiger partial charge is 0.458 e. The highest BCUT2D eigenvalue weighted by molar-refractivity contribution is 5.75. The SMILES string of the molecule is C[C@@H]1C(=O)O[C@@H]2/C=C(\CO)CC/C=C(/CO)CC[C@@H]12. The van der Waals surface area contributed by atoms with Crippen LogP contribution in [0.1, 0.15) is 32.6 Å². The Labute approximate surface area is 113 Å². The first-order valence-corrected chi connectivity index (χ1v) is 6.95. The Balaban J connectivity index is 2.22. The van der Waals surface area contributed by atoms with E-state index in [1.807, 2.05) is 19.1 Å². The average Bonchev–Trinajstić information content (AvgIpc) is 2.68. The number of ether oxygens (including phenoxy) is 1. The maximum Gasteiger partial charge on any atom is 0.309 e. The van der Waals surface area contributed by atoms with Crippen LogP contribution in [0.5, 0.6) is 0 Å². The van der Waals surface area contributed by atoms with Crippen LogP contribution < -0.4 is 0 Å². The summed E-state index contributed by atoms with van der Waals surface area (Å²) in [4.78, 5) is 11.7. The van der Waals surface area contributed by atoms with Crippen LogP contribution in [-0.2, 0) is 9.53 Å². The molecule has 0 bridgehead atoms. The molecular weight excluding hydrogens is 244 g/mol. The van der Waals surface area contributed by atoms with Crippen molar-refractivity contribution in [2.24, 2.45) is 11.8 Å². The summed E-state index contributed by atoms with van der Waals surface area (Å²) in [6.45, 7) is 1.96. The van der Waals surface area contributed by atoms with Crippen LogP contribution in [0.4, 0.5) is 0 Å². The number of hydrogen-bond donors (Lipinski definition) is 2. The van der Waals surface area contributed by atoms with Crippen molar-refractivity contribution in [2.45, 2.75) is 38.7 Å². The summed E-state index contributed by atoms with van der Waals surface area (Å²) in [7, 11) is 0. The van der Waals surface area contributed by atoms with Gasteiger partial charge in [-0.1, -0.05) is 13.0 Å². The van der Waals surface area contributed by atoms with E-state index in [-0.39, 0.29) is 37.1 Å². The molecule has 0 radical (unpaired) electrons. The molecule has 2 rings (SSSR count). The Morgan fingerprint density at radius 1 is 1.26 bits per heavy atom. The minimum Gasteiger partial charge on any atom is -0.458 e. The van der Waals surface area contributed by atoms with Gasteiger partial charge in [0.05, 0.1) is 19.1 Å². The van der Waals surface area contributed by atoms with Crippen molar-refractivity contribution >= 4 is 5.97 Å². The van der Waals surface area contributed by atoms with Gasteiger partial charge in [-0.15, -0.1) is 0 Å². The van der Waals surface area contributed by atoms with Crippen molar-refractivity contribution in [1.82, 2.24) is 0 Å². The smallest absolute Gasteiger partial charge is 0.309 e. The second-order valence-electron chi connectivity index (χ2n) is 5.43. The molecule has 106 valence electrons. The Kier molecular flexibility index (Phi) is 4.77. The fraction of sp³-hybridized carbons (Fsp3) is 0.667. The van der Waals surface area contributed by atoms with Crippen LogP contribution in [0.15, 0.2) is 23.3 Å². The number of allylic oxidation sites excluding steroid dienone is 1. The number of fused-ring (bicyclic) bond motifs is 1. The van der Waals surface area contributed by atoms with Crippen LogP contribution in [-0.4, -0.2) is 35.5 Å². The van der Waals surface area contributed by atoms with E-state index >= 15 is 0 Å². The van der Waals surface area contributed by atoms with Gasteiger partial charge in [-0.3, -0.25) is 4.79 Å². The van der Waals surface area contributed by atoms with Crippen LogP contribution in [0.3, 0.4) is 0 Å². The van der Waals surface area contributed by atoms with Crippen LogP contribution in [0, 0.1) is 11.8 Å². The van der Waals surface area contributed by atoms with Crippen molar-refractivity contribution in [3.63, 3.8) is 0 Å². The molecule has 4 heteroatoms. The molecule has 1 aliphatic carbocycles. The number of hydrogen-bond acceptors (Lipinski definition) is 4. The summed E-state index contributed by atoms with van der Waals surface area (Å²) in [5.74, 6) is -0.125. The third-order valence-electron chi connectivity index (χ3n) is 4.19. The number of carbonyl (C=O) groups is 1. The Morgan fingerprint density at radius 2 is 2.00 bits per heavy atom. The zero-order valence-electron chi connectivity index (χ0n) is 11.3. The number of aliphatic hydroxyl groups is 2. The summed E-state index contributed by atoms with van der Waals surface area (Å²) in [5.41, 5.74) is 1.93. The molecule has 19 heavy (non-hydrogen) atoms. The molecule has 2 N–H and O–H groups in total. The van der Waals surface area contributed by atoms with Crippen LogP contribution >= 0.6 is 0 Å². The van der Waals surface area contributed by atoms with E-state index in [1.54, 1.807) is 0 Å². The topological polar surface area (TPSA) is 66.8 Å². The van der Waals surface area contributed by atoms with Gasteiger partial charge < -0.3 is 14.9 Å². The molecule has 4 nitrogen and oxygen atoms in total. The van der Waals surface area contributed by atoms with Crippen molar-refractivity contribution in [3.05, 3.63) is 23.3 Å². The Morgan fingerprint density at radius 3 is 2.68 bits per heavy atom. The molecule has 1 aliphatic heterocycles. The summed E-state index contributed by atoms with van der Waals surface area (Å²) >= 11 is 0. The fourth-order valence-electron chi connectivity index (χ4n) is 2.87. The fourth-order valence-corrected chi connectivity index (χ4v) is 2.87. The monoisotopic (exact) mass is 266 g/mol. The molecule has 0 aromatic carbocycles. The van der Waals surface area contributed by atoms with Crippen LogP contribution in [0.25, 0.3) is 0 Å². The van der Waals surface area contributed by atoms with Crippen molar-refractivity contribution < 1.29 is 19.7 Å². The first-order chi connectivity index (χ1) is 9.15. The maximum atomic E-state index is 11.7. The normalized spacial score (nSPS) is 37.6. The molecule has 1 saturated heterocycles. The molecule has 3 atom stereocenters. The molecule has 0 unspecified atom stereocenters. The van der Waals surface area contributed by atoms with E-state index in [4.69, 9.17) is 4.74 Å². The molecule has 2 aliphatic rings. The van der Waals surface area contributed by atoms with E-state index in [0.717, 1.165) is 36.8 Å². The Hall–Kier alpha value is -1.13. The standard InChI is InChI=1S/C15H22O4/c1-10-13-6-5-11(8-16)3-2-4-12(9-17)7-14(13)19-15(10)18/h3,7,10,13-14,16-17H,2,4-6,8-9H2,1H3/b11-3+,12-7-/t10-,13-,14+/m0/s1. The van der Waals surface area contributed by atoms with Gasteiger partial charge in [0.25, 0.3) is 0 Å². The van der Waals surface area contributed by atoms with Gasteiger partial charge in [0, 0.05) is 5.92 Å². The Bertz CT molecular complexity index is 397. The third-order valence-corrected chi connectivity index (χ3v) is 4.19. The van der Waals surface area contributed by atoms with Crippen molar-refractivity contribution in [3.8, 4) is 0 Å². The molecule has 0 aromatic heterocycles. The van der Waals surface area contributed by atoms with E-state index in [9.17, 15) is 15.0 Å².